The van der Waals surface area contributed by atoms with Crippen molar-refractivity contribution in [2.45, 2.75) is 32.6 Å². The van der Waals surface area contributed by atoms with E-state index < -0.39 is 0 Å². The number of benzene rings is 1. The van der Waals surface area contributed by atoms with Gasteiger partial charge in [-0.05, 0) is 12.5 Å². The molecule has 0 bridgehead atoms. The lowest BCUT2D eigenvalue weighted by molar-refractivity contribution is -0.126. The molecule has 0 saturated heterocycles. The predicted molar refractivity (Wildman–Crippen MR) is 83.5 cm³/mol. The maximum Gasteiger partial charge on any atom is 0.237 e. The van der Waals surface area contributed by atoms with Crippen LogP contribution in [0, 0.1) is 0 Å². The minimum absolute atomic E-state index is 0.0435. The highest BCUT2D eigenvalue weighted by atomic mass is 32.1. The molecule has 5 nitrogen and oxygen atoms in total. The summed E-state index contributed by atoms with van der Waals surface area (Å²) in [5.74, 6) is 0.0435. The topological polar surface area (TPSA) is 71.2 Å². The molecule has 2 heterocycles. The summed E-state index contributed by atoms with van der Waals surface area (Å²) in [4.78, 5) is 19.8. The molecule has 1 aliphatic heterocycles. The number of amides is 1. The summed E-state index contributed by atoms with van der Waals surface area (Å²) in [7, 11) is 0. The van der Waals surface area contributed by atoms with Crippen LogP contribution in [-0.4, -0.2) is 21.8 Å². The van der Waals surface area contributed by atoms with Gasteiger partial charge in [0.15, 0.2) is 5.13 Å². The molecule has 0 fully saturated rings. The number of anilines is 1. The second-order valence-electron chi connectivity index (χ2n) is 5.21. The smallest absolute Gasteiger partial charge is 0.237 e. The third-order valence-corrected chi connectivity index (χ3v) is 4.64. The molecule has 2 aromatic rings. The van der Waals surface area contributed by atoms with Crippen LogP contribution in [0.4, 0.5) is 5.13 Å². The summed E-state index contributed by atoms with van der Waals surface area (Å²) in [6, 6.07) is 9.75. The van der Waals surface area contributed by atoms with E-state index in [1.54, 1.807) is 0 Å². The van der Waals surface area contributed by atoms with Gasteiger partial charge in [-0.25, -0.2) is 4.98 Å². The second kappa shape index (κ2) is 5.83. The van der Waals surface area contributed by atoms with E-state index in [4.69, 9.17) is 5.73 Å². The van der Waals surface area contributed by atoms with Gasteiger partial charge in [-0.15, -0.1) is 11.3 Å². The SMILES string of the molecule is CC(C(=O)NCc1ccccc1)N1Cc2nc(N)sc2C1. The number of nitrogens with two attached hydrogens (primary N) is 1. The van der Waals surface area contributed by atoms with E-state index in [-0.39, 0.29) is 11.9 Å². The van der Waals surface area contributed by atoms with Crippen molar-refractivity contribution in [2.75, 3.05) is 5.73 Å². The molecule has 1 amide bonds. The van der Waals surface area contributed by atoms with Crippen LogP contribution in [0.3, 0.4) is 0 Å². The molecular weight excluding hydrogens is 284 g/mol. The van der Waals surface area contributed by atoms with Crippen molar-refractivity contribution >= 4 is 22.4 Å². The van der Waals surface area contributed by atoms with Crippen LogP contribution in [0.25, 0.3) is 0 Å². The fraction of sp³-hybridized carbons (Fsp3) is 0.333. The Labute approximate surface area is 127 Å². The summed E-state index contributed by atoms with van der Waals surface area (Å²) in [5, 5.41) is 3.60. The third-order valence-electron chi connectivity index (χ3n) is 3.73. The van der Waals surface area contributed by atoms with E-state index in [1.165, 1.54) is 16.2 Å². The molecule has 110 valence electrons. The Morgan fingerprint density at radius 1 is 1.43 bits per heavy atom. The molecule has 1 aromatic carbocycles. The summed E-state index contributed by atoms with van der Waals surface area (Å²) in [5.41, 5.74) is 7.81. The van der Waals surface area contributed by atoms with E-state index in [0.717, 1.165) is 17.8 Å². The van der Waals surface area contributed by atoms with E-state index in [2.05, 4.69) is 15.2 Å². The van der Waals surface area contributed by atoms with Crippen LogP contribution >= 0.6 is 11.3 Å². The molecule has 3 N–H and O–H groups in total. The first kappa shape index (κ1) is 14.0. The van der Waals surface area contributed by atoms with Gasteiger partial charge in [0, 0.05) is 24.5 Å². The Hall–Kier alpha value is -1.92. The minimum Gasteiger partial charge on any atom is -0.375 e. The Morgan fingerprint density at radius 3 is 2.90 bits per heavy atom. The Morgan fingerprint density at radius 2 is 2.19 bits per heavy atom. The average molecular weight is 302 g/mol. The number of fused-ring (bicyclic) bond motifs is 1. The normalized spacial score (nSPS) is 15.7. The highest BCUT2D eigenvalue weighted by molar-refractivity contribution is 7.15. The van der Waals surface area contributed by atoms with Crippen LogP contribution in [-0.2, 0) is 24.4 Å². The van der Waals surface area contributed by atoms with Gasteiger partial charge in [0.05, 0.1) is 11.7 Å². The number of thiazole rings is 1. The lowest BCUT2D eigenvalue weighted by Gasteiger charge is -2.22. The molecule has 1 aromatic heterocycles. The molecule has 3 rings (SSSR count). The Kier molecular flexibility index (Phi) is 3.90. The van der Waals surface area contributed by atoms with E-state index >= 15 is 0 Å². The number of carbonyl (C=O) groups excluding carboxylic acids is 1. The first-order valence-corrected chi connectivity index (χ1v) is 7.75. The van der Waals surface area contributed by atoms with Gasteiger partial charge in [-0.2, -0.15) is 0 Å². The zero-order chi connectivity index (χ0) is 14.8. The highest BCUT2D eigenvalue weighted by Gasteiger charge is 2.29. The molecule has 0 aliphatic carbocycles. The maximum absolute atomic E-state index is 12.2. The average Bonchev–Trinajstić information content (AvgIpc) is 3.02. The largest absolute Gasteiger partial charge is 0.375 e. The molecule has 0 spiro atoms. The monoisotopic (exact) mass is 302 g/mol. The van der Waals surface area contributed by atoms with Crippen molar-refractivity contribution in [2.24, 2.45) is 0 Å². The van der Waals surface area contributed by atoms with Gasteiger partial charge in [0.2, 0.25) is 5.91 Å². The van der Waals surface area contributed by atoms with Crippen molar-refractivity contribution < 1.29 is 4.79 Å². The van der Waals surface area contributed by atoms with Crippen molar-refractivity contribution in [1.82, 2.24) is 15.2 Å². The van der Waals surface area contributed by atoms with E-state index in [9.17, 15) is 4.79 Å². The Balaban J connectivity index is 1.55. The fourth-order valence-electron chi connectivity index (χ4n) is 2.46. The molecule has 1 atom stereocenters. The van der Waals surface area contributed by atoms with Crippen molar-refractivity contribution in [3.05, 3.63) is 46.5 Å². The van der Waals surface area contributed by atoms with Gasteiger partial charge >= 0.3 is 0 Å². The van der Waals surface area contributed by atoms with E-state index in [1.807, 2.05) is 37.3 Å². The second-order valence-corrected chi connectivity index (χ2v) is 6.32. The zero-order valence-corrected chi connectivity index (χ0v) is 12.7. The van der Waals surface area contributed by atoms with Crippen LogP contribution in [0.15, 0.2) is 30.3 Å². The van der Waals surface area contributed by atoms with Crippen LogP contribution < -0.4 is 11.1 Å². The van der Waals surface area contributed by atoms with Crippen molar-refractivity contribution in [3.63, 3.8) is 0 Å². The van der Waals surface area contributed by atoms with Gasteiger partial charge in [0.1, 0.15) is 0 Å². The first-order valence-electron chi connectivity index (χ1n) is 6.93. The Bertz CT molecular complexity index is 617. The van der Waals surface area contributed by atoms with Crippen molar-refractivity contribution in [3.8, 4) is 0 Å². The predicted octanol–water partition coefficient (Wildman–Crippen LogP) is 1.75. The number of nitrogens with one attached hydrogen (secondary N) is 1. The molecule has 21 heavy (non-hydrogen) atoms. The first-order chi connectivity index (χ1) is 10.1. The molecule has 6 heteroatoms. The summed E-state index contributed by atoms with van der Waals surface area (Å²) < 4.78 is 0. The minimum atomic E-state index is -0.170. The highest BCUT2D eigenvalue weighted by Crippen LogP contribution is 2.30. The molecule has 1 unspecified atom stereocenters. The van der Waals surface area contributed by atoms with Crippen LogP contribution in [0.2, 0.25) is 0 Å². The van der Waals surface area contributed by atoms with Crippen molar-refractivity contribution in [1.29, 1.82) is 0 Å². The fourth-order valence-corrected chi connectivity index (χ4v) is 3.32. The summed E-state index contributed by atoms with van der Waals surface area (Å²) in [6.07, 6.45) is 0. The molecule has 0 radical (unpaired) electrons. The van der Waals surface area contributed by atoms with Gasteiger partial charge < -0.3 is 11.1 Å². The summed E-state index contributed by atoms with van der Waals surface area (Å²) >= 11 is 1.51. The number of rotatable bonds is 4. The summed E-state index contributed by atoms with van der Waals surface area (Å²) in [6.45, 7) is 3.94. The van der Waals surface area contributed by atoms with Crippen LogP contribution in [0.1, 0.15) is 23.1 Å². The maximum atomic E-state index is 12.2. The van der Waals surface area contributed by atoms with Gasteiger partial charge in [-0.1, -0.05) is 30.3 Å². The number of carbonyl (C=O) groups is 1. The zero-order valence-electron chi connectivity index (χ0n) is 11.9. The van der Waals surface area contributed by atoms with Gasteiger partial charge in [0.25, 0.3) is 0 Å². The number of nitrogens with zero attached hydrogens (tertiary/aromatic N) is 2. The number of nitrogen functional groups attached to an aromatic ring is 1. The third kappa shape index (κ3) is 3.06. The van der Waals surface area contributed by atoms with E-state index in [0.29, 0.717) is 18.2 Å². The quantitative estimate of drug-likeness (QED) is 0.902. The van der Waals surface area contributed by atoms with Crippen LogP contribution in [0.5, 0.6) is 0 Å². The molecule has 1 aliphatic rings. The lowest BCUT2D eigenvalue weighted by Crippen LogP contribution is -2.42. The lowest BCUT2D eigenvalue weighted by atomic mass is 10.2. The number of aromatic nitrogens is 1. The molecule has 0 saturated carbocycles. The van der Waals surface area contributed by atoms with Gasteiger partial charge in [-0.3, -0.25) is 9.69 Å². The number of hydrogen-bond donors (Lipinski definition) is 2. The molecular formula is C15H18N4OS. The standard InChI is InChI=1S/C15H18N4OS/c1-10(14(20)17-7-11-5-3-2-4-6-11)19-8-12-13(9-19)21-15(16)18-12/h2-6,10H,7-9H2,1H3,(H2,16,18)(H,17,20). The number of hydrogen-bond acceptors (Lipinski definition) is 5.